The fourth-order valence-corrected chi connectivity index (χ4v) is 3.12. The Morgan fingerprint density at radius 3 is 2.32 bits per heavy atom. The van der Waals surface area contributed by atoms with Gasteiger partial charge in [0.15, 0.2) is 0 Å². The number of benzene rings is 2. The van der Waals surface area contributed by atoms with Gasteiger partial charge in [0.25, 0.3) is 0 Å². The van der Waals surface area contributed by atoms with Crippen LogP contribution in [0, 0.1) is 6.92 Å². The third kappa shape index (κ3) is 4.97. The highest BCUT2D eigenvalue weighted by Crippen LogP contribution is 2.26. The maximum atomic E-state index is 12.5. The van der Waals surface area contributed by atoms with Crippen molar-refractivity contribution in [1.82, 2.24) is 0 Å². The summed E-state index contributed by atoms with van der Waals surface area (Å²) in [5, 5.41) is 3.72. The number of anilines is 2. The Morgan fingerprint density at radius 2 is 1.76 bits per heavy atom. The van der Waals surface area contributed by atoms with E-state index in [1.807, 2.05) is 32.0 Å². The van der Waals surface area contributed by atoms with Gasteiger partial charge in [-0.2, -0.15) is 0 Å². The quantitative estimate of drug-likeness (QED) is 0.807. The van der Waals surface area contributed by atoms with Crippen LogP contribution < -0.4 is 10.2 Å². The topological polar surface area (TPSA) is 49.4 Å². The monoisotopic (exact) mass is 378 g/mol. The summed E-state index contributed by atoms with van der Waals surface area (Å²) in [6.45, 7) is 5.24. The summed E-state index contributed by atoms with van der Waals surface area (Å²) in [4.78, 5) is 25.9. The molecule has 4 nitrogen and oxygen atoms in total. The molecule has 2 aromatic rings. The molecule has 0 aliphatic heterocycles. The lowest BCUT2D eigenvalue weighted by molar-refractivity contribution is -0.120. The minimum Gasteiger partial charge on any atom is -0.324 e. The molecule has 25 heavy (non-hydrogen) atoms. The largest absolute Gasteiger partial charge is 0.324 e. The summed E-state index contributed by atoms with van der Waals surface area (Å²) in [5.41, 5.74) is 3.31. The number of para-hydroxylation sites is 1. The van der Waals surface area contributed by atoms with Crippen LogP contribution in [0.3, 0.4) is 0 Å². The minimum absolute atomic E-state index is 0.122. The fourth-order valence-electron chi connectivity index (χ4n) is 2.60. The van der Waals surface area contributed by atoms with Crippen molar-refractivity contribution in [3.05, 3.63) is 57.6 Å². The van der Waals surface area contributed by atoms with Crippen LogP contribution in [0.4, 0.5) is 11.4 Å². The van der Waals surface area contributed by atoms with E-state index >= 15 is 0 Å². The number of nitrogens with zero attached hydrogens (tertiary/aromatic N) is 1. The molecule has 0 aliphatic carbocycles. The van der Waals surface area contributed by atoms with Gasteiger partial charge in [0.2, 0.25) is 11.8 Å². The van der Waals surface area contributed by atoms with E-state index in [-0.39, 0.29) is 18.4 Å². The first kappa shape index (κ1) is 19.3. The molecule has 0 spiro atoms. The molecule has 2 rings (SSSR count). The van der Waals surface area contributed by atoms with Crippen LogP contribution in [0.2, 0.25) is 10.0 Å². The van der Waals surface area contributed by atoms with Crippen molar-refractivity contribution in [1.29, 1.82) is 0 Å². The standard InChI is InChI=1S/C19H20Cl2N2O2/c1-4-14-7-5-6-12(2)19(14)22-18(25)11-23(13(3)24)17-9-15(20)8-16(21)10-17/h5-10H,4,11H2,1-3H3,(H,22,25). The molecule has 0 bridgehead atoms. The molecule has 0 aromatic heterocycles. The number of nitrogens with one attached hydrogen (secondary N) is 1. The van der Waals surface area contributed by atoms with E-state index in [1.54, 1.807) is 18.2 Å². The molecular formula is C19H20Cl2N2O2. The van der Waals surface area contributed by atoms with Crippen LogP contribution in [0.1, 0.15) is 25.0 Å². The lowest BCUT2D eigenvalue weighted by Crippen LogP contribution is -2.37. The van der Waals surface area contributed by atoms with Gasteiger partial charge in [-0.05, 0) is 42.7 Å². The van der Waals surface area contributed by atoms with Crippen molar-refractivity contribution >= 4 is 46.4 Å². The summed E-state index contributed by atoms with van der Waals surface area (Å²) in [6, 6.07) is 10.7. The van der Waals surface area contributed by atoms with Crippen molar-refractivity contribution in [3.8, 4) is 0 Å². The molecule has 0 saturated heterocycles. The van der Waals surface area contributed by atoms with E-state index in [2.05, 4.69) is 5.32 Å². The molecule has 0 atom stereocenters. The van der Waals surface area contributed by atoms with Crippen LogP contribution >= 0.6 is 23.2 Å². The maximum Gasteiger partial charge on any atom is 0.244 e. The second kappa shape index (κ2) is 8.37. The molecule has 0 fully saturated rings. The number of hydrogen-bond donors (Lipinski definition) is 1. The number of amides is 2. The molecule has 0 radical (unpaired) electrons. The number of rotatable bonds is 5. The maximum absolute atomic E-state index is 12.5. The normalized spacial score (nSPS) is 10.4. The van der Waals surface area contributed by atoms with E-state index in [0.717, 1.165) is 23.2 Å². The number of hydrogen-bond acceptors (Lipinski definition) is 2. The zero-order valence-corrected chi connectivity index (χ0v) is 15.9. The smallest absolute Gasteiger partial charge is 0.244 e. The number of carbonyl (C=O) groups excluding carboxylic acids is 2. The van der Waals surface area contributed by atoms with E-state index < -0.39 is 0 Å². The van der Waals surface area contributed by atoms with Gasteiger partial charge in [0.05, 0.1) is 0 Å². The van der Waals surface area contributed by atoms with Gasteiger partial charge in [0, 0.05) is 28.3 Å². The van der Waals surface area contributed by atoms with Crippen molar-refractivity contribution < 1.29 is 9.59 Å². The molecule has 0 heterocycles. The van der Waals surface area contributed by atoms with Crippen LogP contribution in [-0.2, 0) is 16.0 Å². The molecule has 1 N–H and O–H groups in total. The summed E-state index contributed by atoms with van der Waals surface area (Å²) >= 11 is 12.0. The SMILES string of the molecule is CCc1cccc(C)c1NC(=O)CN(C(C)=O)c1cc(Cl)cc(Cl)c1. The van der Waals surface area contributed by atoms with E-state index in [0.29, 0.717) is 15.7 Å². The van der Waals surface area contributed by atoms with Crippen molar-refractivity contribution in [2.75, 3.05) is 16.8 Å². The molecule has 6 heteroatoms. The van der Waals surface area contributed by atoms with Crippen LogP contribution in [0.15, 0.2) is 36.4 Å². The predicted octanol–water partition coefficient (Wildman–Crippen LogP) is 4.86. The van der Waals surface area contributed by atoms with Crippen LogP contribution in [0.25, 0.3) is 0 Å². The molecule has 0 saturated carbocycles. The number of halogens is 2. The second-order valence-corrected chi connectivity index (χ2v) is 6.62. The summed E-state index contributed by atoms with van der Waals surface area (Å²) < 4.78 is 0. The lowest BCUT2D eigenvalue weighted by atomic mass is 10.1. The first-order valence-electron chi connectivity index (χ1n) is 7.94. The van der Waals surface area contributed by atoms with Gasteiger partial charge in [-0.3, -0.25) is 9.59 Å². The lowest BCUT2D eigenvalue weighted by Gasteiger charge is -2.22. The Kier molecular flexibility index (Phi) is 6.45. The summed E-state index contributed by atoms with van der Waals surface area (Å²) in [6.07, 6.45) is 0.803. The number of aryl methyl sites for hydroxylation is 2. The number of carbonyl (C=O) groups is 2. The van der Waals surface area contributed by atoms with Gasteiger partial charge < -0.3 is 10.2 Å². The Bertz CT molecular complexity index is 786. The van der Waals surface area contributed by atoms with Crippen molar-refractivity contribution in [2.24, 2.45) is 0 Å². The molecular weight excluding hydrogens is 359 g/mol. The Balaban J connectivity index is 2.23. The summed E-state index contributed by atoms with van der Waals surface area (Å²) in [7, 11) is 0. The van der Waals surface area contributed by atoms with E-state index in [4.69, 9.17) is 23.2 Å². The zero-order chi connectivity index (χ0) is 18.6. The predicted molar refractivity (Wildman–Crippen MR) is 104 cm³/mol. The van der Waals surface area contributed by atoms with Gasteiger partial charge in [0.1, 0.15) is 6.54 Å². The first-order valence-corrected chi connectivity index (χ1v) is 8.70. The fraction of sp³-hybridized carbons (Fsp3) is 0.263. The average molecular weight is 379 g/mol. The molecule has 0 aliphatic rings. The van der Waals surface area contributed by atoms with Crippen molar-refractivity contribution in [3.63, 3.8) is 0 Å². The van der Waals surface area contributed by atoms with Gasteiger partial charge in [-0.1, -0.05) is 48.3 Å². The van der Waals surface area contributed by atoms with Crippen LogP contribution in [0.5, 0.6) is 0 Å². The molecule has 132 valence electrons. The average Bonchev–Trinajstić information content (AvgIpc) is 2.53. The van der Waals surface area contributed by atoms with Gasteiger partial charge in [-0.15, -0.1) is 0 Å². The Hall–Kier alpha value is -2.04. The minimum atomic E-state index is -0.282. The van der Waals surface area contributed by atoms with Crippen LogP contribution in [-0.4, -0.2) is 18.4 Å². The molecule has 0 unspecified atom stereocenters. The van der Waals surface area contributed by atoms with Gasteiger partial charge >= 0.3 is 0 Å². The van der Waals surface area contributed by atoms with Gasteiger partial charge in [-0.25, -0.2) is 0 Å². The second-order valence-electron chi connectivity index (χ2n) is 5.74. The zero-order valence-electron chi connectivity index (χ0n) is 14.4. The highest BCUT2D eigenvalue weighted by atomic mass is 35.5. The highest BCUT2D eigenvalue weighted by molar-refractivity contribution is 6.35. The highest BCUT2D eigenvalue weighted by Gasteiger charge is 2.18. The van der Waals surface area contributed by atoms with Crippen molar-refractivity contribution in [2.45, 2.75) is 27.2 Å². The first-order chi connectivity index (χ1) is 11.8. The van der Waals surface area contributed by atoms with E-state index in [1.165, 1.54) is 11.8 Å². The third-order valence-electron chi connectivity index (χ3n) is 3.85. The molecule has 2 amide bonds. The Morgan fingerprint density at radius 1 is 1.12 bits per heavy atom. The third-order valence-corrected chi connectivity index (χ3v) is 4.28. The molecule has 2 aromatic carbocycles. The summed E-state index contributed by atoms with van der Waals surface area (Å²) in [5.74, 6) is -0.552. The van der Waals surface area contributed by atoms with E-state index in [9.17, 15) is 9.59 Å². The Labute approximate surface area is 157 Å².